The number of aliphatic hydroxyl groups excluding tert-OH is 1. The average Bonchev–Trinajstić information content (AvgIpc) is 2.36. The minimum Gasteiger partial charge on any atom is -0.392 e. The number of aryl methyl sites for hydroxylation is 2. The summed E-state index contributed by atoms with van der Waals surface area (Å²) in [4.78, 5) is 9.81. The highest BCUT2D eigenvalue weighted by Crippen LogP contribution is 2.31. The van der Waals surface area contributed by atoms with Crippen LogP contribution >= 0.6 is 23.4 Å². The van der Waals surface area contributed by atoms with Gasteiger partial charge in [-0.15, -0.1) is 0 Å². The molecule has 2 aromatic rings. The Morgan fingerprint density at radius 3 is 2.37 bits per heavy atom. The lowest BCUT2D eigenvalue weighted by atomic mass is 10.2. The van der Waals surface area contributed by atoms with Crippen molar-refractivity contribution in [3.8, 4) is 0 Å². The molecule has 2 rings (SSSR count). The zero-order valence-corrected chi connectivity index (χ0v) is 12.6. The summed E-state index contributed by atoms with van der Waals surface area (Å²) in [6.45, 7) is 5.93. The molecule has 1 heterocycles. The first kappa shape index (κ1) is 14.3. The van der Waals surface area contributed by atoms with Gasteiger partial charge in [0.25, 0.3) is 0 Å². The van der Waals surface area contributed by atoms with Gasteiger partial charge < -0.3 is 5.11 Å². The Balaban J connectivity index is 2.38. The monoisotopic (exact) mass is 294 g/mol. The summed E-state index contributed by atoms with van der Waals surface area (Å²) in [5, 5.41) is 10.7. The number of hydrogen-bond donors (Lipinski definition) is 1. The van der Waals surface area contributed by atoms with Gasteiger partial charge in [-0.25, -0.2) is 9.97 Å². The summed E-state index contributed by atoms with van der Waals surface area (Å²) in [7, 11) is 0. The van der Waals surface area contributed by atoms with Crippen molar-refractivity contribution in [2.24, 2.45) is 0 Å². The predicted molar refractivity (Wildman–Crippen MR) is 77.7 cm³/mol. The molecule has 0 atom stereocenters. The molecule has 0 radical (unpaired) electrons. The molecule has 0 spiro atoms. The van der Waals surface area contributed by atoms with Crippen LogP contribution in [-0.4, -0.2) is 15.1 Å². The molecule has 5 heteroatoms. The molecule has 1 aromatic heterocycles. The summed E-state index contributed by atoms with van der Waals surface area (Å²) < 4.78 is 0. The van der Waals surface area contributed by atoms with Gasteiger partial charge in [0.05, 0.1) is 6.61 Å². The highest BCUT2D eigenvalue weighted by Gasteiger charge is 2.09. The number of aliphatic hydroxyl groups is 1. The van der Waals surface area contributed by atoms with Crippen molar-refractivity contribution < 1.29 is 5.11 Å². The lowest BCUT2D eigenvalue weighted by Gasteiger charge is -2.09. The van der Waals surface area contributed by atoms with Gasteiger partial charge in [-0.2, -0.15) is 0 Å². The molecule has 19 heavy (non-hydrogen) atoms. The van der Waals surface area contributed by atoms with Crippen LogP contribution in [0.5, 0.6) is 0 Å². The van der Waals surface area contributed by atoms with Gasteiger partial charge in [0.2, 0.25) is 0 Å². The van der Waals surface area contributed by atoms with Crippen molar-refractivity contribution in [1.29, 1.82) is 0 Å². The van der Waals surface area contributed by atoms with Gasteiger partial charge in [0, 0.05) is 21.3 Å². The number of nitrogens with zero attached hydrogens (tertiary/aromatic N) is 2. The fourth-order valence-corrected chi connectivity index (χ4v) is 2.89. The van der Waals surface area contributed by atoms with Crippen LogP contribution in [0.15, 0.2) is 28.3 Å². The third kappa shape index (κ3) is 3.26. The number of rotatable bonds is 3. The van der Waals surface area contributed by atoms with E-state index in [1.165, 1.54) is 11.8 Å². The fourth-order valence-electron chi connectivity index (χ4n) is 1.64. The molecule has 0 amide bonds. The normalized spacial score (nSPS) is 10.8. The van der Waals surface area contributed by atoms with Crippen molar-refractivity contribution >= 4 is 23.4 Å². The number of hydrogen-bond acceptors (Lipinski definition) is 4. The van der Waals surface area contributed by atoms with E-state index in [1.807, 2.05) is 32.9 Å². The number of benzene rings is 1. The van der Waals surface area contributed by atoms with Crippen molar-refractivity contribution in [3.63, 3.8) is 0 Å². The van der Waals surface area contributed by atoms with Crippen LogP contribution < -0.4 is 0 Å². The van der Waals surface area contributed by atoms with Crippen molar-refractivity contribution in [2.75, 3.05) is 0 Å². The van der Waals surface area contributed by atoms with E-state index < -0.39 is 0 Å². The molecule has 1 aromatic carbocycles. The molecule has 0 fully saturated rings. The average molecular weight is 295 g/mol. The smallest absolute Gasteiger partial charge is 0.192 e. The summed E-state index contributed by atoms with van der Waals surface area (Å²) in [6, 6.07) is 5.41. The van der Waals surface area contributed by atoms with E-state index in [-0.39, 0.29) is 6.61 Å². The maximum atomic E-state index is 9.34. The summed E-state index contributed by atoms with van der Waals surface area (Å²) >= 11 is 7.42. The highest BCUT2D eigenvalue weighted by molar-refractivity contribution is 7.99. The first-order valence-electron chi connectivity index (χ1n) is 5.90. The maximum Gasteiger partial charge on any atom is 0.192 e. The molecule has 0 aliphatic heterocycles. The first-order valence-corrected chi connectivity index (χ1v) is 7.09. The standard InChI is InChI=1S/C14H15ClN2OS/c1-8-9(2)16-14(17-10(8)3)19-13-6-12(15)5-4-11(13)7-18/h4-6,18H,7H2,1-3H3. The number of aromatic nitrogens is 2. The summed E-state index contributed by atoms with van der Waals surface area (Å²) in [5.41, 5.74) is 3.89. The fraction of sp³-hybridized carbons (Fsp3) is 0.286. The zero-order valence-electron chi connectivity index (χ0n) is 11.1. The van der Waals surface area contributed by atoms with Crippen LogP contribution in [0.25, 0.3) is 0 Å². The molecular formula is C14H15ClN2OS. The quantitative estimate of drug-likeness (QED) is 0.877. The molecular weight excluding hydrogens is 280 g/mol. The van der Waals surface area contributed by atoms with Gasteiger partial charge in [-0.1, -0.05) is 17.7 Å². The van der Waals surface area contributed by atoms with Crippen molar-refractivity contribution in [2.45, 2.75) is 37.4 Å². The second-order valence-corrected chi connectivity index (χ2v) is 5.76. The minimum absolute atomic E-state index is 0.0245. The zero-order chi connectivity index (χ0) is 14.0. The van der Waals surface area contributed by atoms with Crippen molar-refractivity contribution in [3.05, 3.63) is 45.7 Å². The van der Waals surface area contributed by atoms with Gasteiger partial charge >= 0.3 is 0 Å². The summed E-state index contributed by atoms with van der Waals surface area (Å²) in [5.74, 6) is 0. The topological polar surface area (TPSA) is 46.0 Å². The van der Waals surface area contributed by atoms with Crippen LogP contribution in [0.1, 0.15) is 22.5 Å². The lowest BCUT2D eigenvalue weighted by Crippen LogP contribution is -1.98. The van der Waals surface area contributed by atoms with E-state index in [1.54, 1.807) is 6.07 Å². The van der Waals surface area contributed by atoms with Crippen LogP contribution in [0.2, 0.25) is 5.02 Å². The molecule has 3 nitrogen and oxygen atoms in total. The molecule has 0 aliphatic carbocycles. The number of halogens is 1. The van der Waals surface area contributed by atoms with Crippen LogP contribution in [0.4, 0.5) is 0 Å². The highest BCUT2D eigenvalue weighted by atomic mass is 35.5. The molecule has 0 saturated carbocycles. The van der Waals surface area contributed by atoms with E-state index in [2.05, 4.69) is 9.97 Å². The minimum atomic E-state index is -0.0245. The van der Waals surface area contributed by atoms with Crippen LogP contribution in [0, 0.1) is 20.8 Å². The Morgan fingerprint density at radius 2 is 1.79 bits per heavy atom. The van der Waals surface area contributed by atoms with Gasteiger partial charge in [-0.05, 0) is 55.8 Å². The second kappa shape index (κ2) is 5.90. The van der Waals surface area contributed by atoms with Gasteiger partial charge in [0.15, 0.2) is 5.16 Å². The second-order valence-electron chi connectivity index (χ2n) is 4.31. The van der Waals surface area contributed by atoms with E-state index >= 15 is 0 Å². The molecule has 0 saturated heterocycles. The predicted octanol–water partition coefficient (Wildman–Crippen LogP) is 3.70. The van der Waals surface area contributed by atoms with Crippen LogP contribution in [-0.2, 0) is 6.61 Å². The largest absolute Gasteiger partial charge is 0.392 e. The molecule has 0 unspecified atom stereocenters. The molecule has 100 valence electrons. The van der Waals surface area contributed by atoms with Crippen molar-refractivity contribution in [1.82, 2.24) is 9.97 Å². The molecule has 1 N–H and O–H groups in total. The molecule has 0 aliphatic rings. The Hall–Kier alpha value is -1.10. The van der Waals surface area contributed by atoms with Gasteiger partial charge in [-0.3, -0.25) is 0 Å². The Kier molecular flexibility index (Phi) is 4.45. The first-order chi connectivity index (χ1) is 9.01. The van der Waals surface area contributed by atoms with Gasteiger partial charge in [0.1, 0.15) is 0 Å². The van der Waals surface area contributed by atoms with E-state index in [0.29, 0.717) is 10.2 Å². The van der Waals surface area contributed by atoms with E-state index in [0.717, 1.165) is 27.4 Å². The molecule has 0 bridgehead atoms. The Bertz CT molecular complexity index is 593. The Morgan fingerprint density at radius 1 is 1.16 bits per heavy atom. The Labute approximate surface area is 122 Å². The lowest BCUT2D eigenvalue weighted by molar-refractivity contribution is 0.279. The third-order valence-corrected chi connectivity index (χ3v) is 4.21. The van der Waals surface area contributed by atoms with Crippen LogP contribution in [0.3, 0.4) is 0 Å². The van der Waals surface area contributed by atoms with E-state index in [9.17, 15) is 5.11 Å². The maximum absolute atomic E-state index is 9.34. The SMILES string of the molecule is Cc1nc(Sc2cc(Cl)ccc2CO)nc(C)c1C. The van der Waals surface area contributed by atoms with E-state index in [4.69, 9.17) is 11.6 Å². The third-order valence-electron chi connectivity index (χ3n) is 3.01. The summed E-state index contributed by atoms with van der Waals surface area (Å²) in [6.07, 6.45) is 0.